The van der Waals surface area contributed by atoms with Gasteiger partial charge in [-0.05, 0) is 48.4 Å². The third kappa shape index (κ3) is 3.69. The summed E-state index contributed by atoms with van der Waals surface area (Å²) in [6.07, 6.45) is 0.745. The number of hydrogen-bond acceptors (Lipinski definition) is 5. The highest BCUT2D eigenvalue weighted by Crippen LogP contribution is 2.27. The molecule has 32 heavy (non-hydrogen) atoms. The summed E-state index contributed by atoms with van der Waals surface area (Å²) in [5.74, 6) is -2.16. The van der Waals surface area contributed by atoms with Crippen LogP contribution in [0.1, 0.15) is 33.2 Å². The maximum Gasteiger partial charge on any atom is 0.270 e. The molecular weight excluding hydrogens is 428 g/mol. The minimum Gasteiger partial charge on any atom is -0.271 e. The first-order valence-corrected chi connectivity index (χ1v) is 11.5. The number of imide groups is 1. The molecule has 3 aromatic rings. The number of carbonyl (C=O) groups is 3. The SMILES string of the molecule is CCc1ccc(N(C(=O)CN2C(=O)c3ccccc3C2=O)S(=O)(=O)c2ccccc2)cc1. The molecule has 0 saturated carbocycles. The molecule has 0 unspecified atom stereocenters. The number of benzene rings is 3. The average Bonchev–Trinajstić information content (AvgIpc) is 3.05. The van der Waals surface area contributed by atoms with Gasteiger partial charge < -0.3 is 0 Å². The average molecular weight is 449 g/mol. The summed E-state index contributed by atoms with van der Waals surface area (Å²) in [5.41, 5.74) is 1.48. The van der Waals surface area contributed by atoms with E-state index in [2.05, 4.69) is 0 Å². The van der Waals surface area contributed by atoms with Crippen molar-refractivity contribution in [3.63, 3.8) is 0 Å². The molecular formula is C24H20N2O5S. The number of anilines is 1. The van der Waals surface area contributed by atoms with Gasteiger partial charge in [-0.15, -0.1) is 0 Å². The van der Waals surface area contributed by atoms with Crippen LogP contribution in [-0.4, -0.2) is 37.6 Å². The molecule has 7 nitrogen and oxygen atoms in total. The highest BCUT2D eigenvalue weighted by molar-refractivity contribution is 7.93. The zero-order valence-corrected chi connectivity index (χ0v) is 18.1. The molecule has 4 rings (SSSR count). The minimum absolute atomic E-state index is 0.0738. The van der Waals surface area contributed by atoms with E-state index in [1.807, 2.05) is 6.92 Å². The van der Waals surface area contributed by atoms with E-state index in [4.69, 9.17) is 0 Å². The number of sulfonamides is 1. The lowest BCUT2D eigenvalue weighted by Crippen LogP contribution is -2.45. The molecule has 0 spiro atoms. The molecule has 0 aromatic heterocycles. The maximum atomic E-state index is 13.4. The Balaban J connectivity index is 1.73. The molecule has 0 radical (unpaired) electrons. The second-order valence-corrected chi connectivity index (χ2v) is 9.02. The van der Waals surface area contributed by atoms with Crippen molar-refractivity contribution in [2.24, 2.45) is 0 Å². The maximum absolute atomic E-state index is 13.4. The Morgan fingerprint density at radius 1 is 0.812 bits per heavy atom. The molecule has 8 heteroatoms. The largest absolute Gasteiger partial charge is 0.271 e. The van der Waals surface area contributed by atoms with Crippen LogP contribution in [0.25, 0.3) is 0 Å². The van der Waals surface area contributed by atoms with E-state index in [1.54, 1.807) is 54.6 Å². The van der Waals surface area contributed by atoms with Gasteiger partial charge in [-0.1, -0.05) is 49.4 Å². The van der Waals surface area contributed by atoms with Crippen LogP contribution < -0.4 is 4.31 Å². The van der Waals surface area contributed by atoms with Crippen LogP contribution >= 0.6 is 0 Å². The van der Waals surface area contributed by atoms with Crippen molar-refractivity contribution < 1.29 is 22.8 Å². The fourth-order valence-corrected chi connectivity index (χ4v) is 5.00. The van der Waals surface area contributed by atoms with Gasteiger partial charge in [0.1, 0.15) is 6.54 Å². The highest BCUT2D eigenvalue weighted by Gasteiger charge is 2.39. The molecule has 1 heterocycles. The third-order valence-corrected chi connectivity index (χ3v) is 7.02. The summed E-state index contributed by atoms with van der Waals surface area (Å²) in [6.45, 7) is 1.26. The molecule has 1 aliphatic rings. The quantitative estimate of drug-likeness (QED) is 0.540. The minimum atomic E-state index is -4.28. The van der Waals surface area contributed by atoms with Crippen molar-refractivity contribution in [2.45, 2.75) is 18.2 Å². The van der Waals surface area contributed by atoms with Gasteiger partial charge in [-0.2, -0.15) is 0 Å². The number of carbonyl (C=O) groups excluding carboxylic acids is 3. The molecule has 0 N–H and O–H groups in total. The number of aryl methyl sites for hydroxylation is 1. The van der Waals surface area contributed by atoms with Gasteiger partial charge >= 0.3 is 0 Å². The Morgan fingerprint density at radius 2 is 1.34 bits per heavy atom. The second-order valence-electron chi connectivity index (χ2n) is 7.24. The third-order valence-electron chi connectivity index (χ3n) is 5.26. The Labute approximate surface area is 185 Å². The smallest absolute Gasteiger partial charge is 0.270 e. The van der Waals surface area contributed by atoms with E-state index in [-0.39, 0.29) is 21.7 Å². The summed E-state index contributed by atoms with van der Waals surface area (Å²) in [5, 5.41) is 0. The van der Waals surface area contributed by atoms with E-state index in [0.717, 1.165) is 16.9 Å². The summed E-state index contributed by atoms with van der Waals surface area (Å²) < 4.78 is 27.5. The lowest BCUT2D eigenvalue weighted by molar-refractivity contribution is -0.117. The number of fused-ring (bicyclic) bond motifs is 1. The molecule has 3 amide bonds. The molecule has 1 aliphatic heterocycles. The summed E-state index contributed by atoms with van der Waals surface area (Å²) >= 11 is 0. The van der Waals surface area contributed by atoms with Gasteiger partial charge in [0.2, 0.25) is 0 Å². The normalized spacial score (nSPS) is 13.2. The van der Waals surface area contributed by atoms with Crippen molar-refractivity contribution in [1.82, 2.24) is 4.90 Å². The van der Waals surface area contributed by atoms with E-state index in [9.17, 15) is 22.8 Å². The summed E-state index contributed by atoms with van der Waals surface area (Å²) in [6, 6.07) is 20.4. The number of hydrogen-bond donors (Lipinski definition) is 0. The van der Waals surface area contributed by atoms with Crippen LogP contribution in [-0.2, 0) is 21.2 Å². The first kappa shape index (κ1) is 21.5. The summed E-state index contributed by atoms with van der Waals surface area (Å²) in [4.78, 5) is 39.4. The van der Waals surface area contributed by atoms with Crippen molar-refractivity contribution in [3.05, 3.63) is 95.6 Å². The van der Waals surface area contributed by atoms with Crippen molar-refractivity contribution in [2.75, 3.05) is 10.8 Å². The fraction of sp³-hybridized carbons (Fsp3) is 0.125. The van der Waals surface area contributed by atoms with Gasteiger partial charge in [0, 0.05) is 0 Å². The first-order chi connectivity index (χ1) is 15.3. The monoisotopic (exact) mass is 448 g/mol. The fourth-order valence-electron chi connectivity index (χ4n) is 3.56. The highest BCUT2D eigenvalue weighted by atomic mass is 32.2. The Hall–Kier alpha value is -3.78. The van der Waals surface area contributed by atoms with Crippen LogP contribution in [0.2, 0.25) is 0 Å². The van der Waals surface area contributed by atoms with Crippen molar-refractivity contribution in [1.29, 1.82) is 0 Å². The molecule has 162 valence electrons. The van der Waals surface area contributed by atoms with Crippen LogP contribution in [0.3, 0.4) is 0 Å². The van der Waals surface area contributed by atoms with Crippen LogP contribution in [0.5, 0.6) is 0 Å². The van der Waals surface area contributed by atoms with Gasteiger partial charge in [-0.25, -0.2) is 12.7 Å². The predicted molar refractivity (Wildman–Crippen MR) is 119 cm³/mol. The van der Waals surface area contributed by atoms with E-state index >= 15 is 0 Å². The molecule has 0 bridgehead atoms. The summed E-state index contributed by atoms with van der Waals surface area (Å²) in [7, 11) is -4.28. The van der Waals surface area contributed by atoms with Crippen LogP contribution in [0.4, 0.5) is 5.69 Å². The molecule has 0 fully saturated rings. The number of rotatable bonds is 6. The molecule has 0 aliphatic carbocycles. The molecule has 0 saturated heterocycles. The van der Waals surface area contributed by atoms with Gasteiger partial charge in [0.25, 0.3) is 27.7 Å². The Kier molecular flexibility index (Phi) is 5.63. The Bertz CT molecular complexity index is 1270. The van der Waals surface area contributed by atoms with Gasteiger partial charge in [0.15, 0.2) is 0 Å². The van der Waals surface area contributed by atoms with Gasteiger partial charge in [0.05, 0.1) is 21.7 Å². The number of amides is 3. The zero-order valence-electron chi connectivity index (χ0n) is 17.3. The van der Waals surface area contributed by atoms with Crippen LogP contribution in [0.15, 0.2) is 83.8 Å². The lowest BCUT2D eigenvalue weighted by atomic mass is 10.1. The predicted octanol–water partition coefficient (Wildman–Crippen LogP) is 3.27. The van der Waals surface area contributed by atoms with Crippen LogP contribution in [0, 0.1) is 0 Å². The lowest BCUT2D eigenvalue weighted by Gasteiger charge is -2.25. The van der Waals surface area contributed by atoms with E-state index < -0.39 is 34.3 Å². The number of nitrogens with zero attached hydrogens (tertiary/aromatic N) is 2. The Morgan fingerprint density at radius 3 is 1.88 bits per heavy atom. The molecule has 0 atom stereocenters. The van der Waals surface area contributed by atoms with E-state index in [0.29, 0.717) is 4.31 Å². The first-order valence-electron chi connectivity index (χ1n) is 10.0. The zero-order chi connectivity index (χ0) is 22.9. The topological polar surface area (TPSA) is 91.8 Å². The van der Waals surface area contributed by atoms with Crippen molar-refractivity contribution >= 4 is 33.4 Å². The van der Waals surface area contributed by atoms with Crippen molar-refractivity contribution in [3.8, 4) is 0 Å². The molecule has 3 aromatic carbocycles. The van der Waals surface area contributed by atoms with E-state index in [1.165, 1.54) is 24.3 Å². The second kappa shape index (κ2) is 8.39. The standard InChI is InChI=1S/C24H20N2O5S/c1-2-17-12-14-18(15-13-17)26(32(30,31)19-8-4-3-5-9-19)22(27)16-25-23(28)20-10-6-7-11-21(20)24(25)29/h3-15H,2,16H2,1H3. The van der Waals surface area contributed by atoms with Gasteiger partial charge in [-0.3, -0.25) is 19.3 Å².